The number of aryl methyl sites for hydroxylation is 1. The number of imidazole rings is 1. The highest BCUT2D eigenvalue weighted by molar-refractivity contribution is 6.48. The summed E-state index contributed by atoms with van der Waals surface area (Å²) in [6.45, 7) is 2.01. The van der Waals surface area contributed by atoms with Gasteiger partial charge in [0.15, 0.2) is 15.7 Å². The van der Waals surface area contributed by atoms with Crippen LogP contribution in [0.2, 0.25) is 0 Å². The van der Waals surface area contributed by atoms with Crippen molar-refractivity contribution in [2.45, 2.75) is 6.92 Å². The number of rotatable bonds is 0. The van der Waals surface area contributed by atoms with E-state index in [0.29, 0.717) is 0 Å². The maximum absolute atomic E-state index is 4.27. The van der Waals surface area contributed by atoms with Crippen molar-refractivity contribution in [3.63, 3.8) is 0 Å². The van der Waals surface area contributed by atoms with Crippen molar-refractivity contribution >= 4 is 34.9 Å². The topological polar surface area (TPSA) is 17.8 Å². The van der Waals surface area contributed by atoms with Crippen molar-refractivity contribution in [1.82, 2.24) is 9.46 Å². The normalized spacial score (nSPS) is 9.89. The van der Waals surface area contributed by atoms with Crippen molar-refractivity contribution in [3.05, 3.63) is 5.82 Å². The molecule has 9 heavy (non-hydrogen) atoms. The van der Waals surface area contributed by atoms with E-state index in [0.717, 1.165) is 11.4 Å². The molecule has 0 fully saturated rings. The average molecular weight is 118 g/mol. The Morgan fingerprint density at radius 3 is 2.11 bits per heavy atom. The van der Waals surface area contributed by atoms with E-state index in [-0.39, 0.29) is 0 Å². The summed E-state index contributed by atoms with van der Waals surface area (Å²) in [5.74, 6) is 1.09. The van der Waals surface area contributed by atoms with Crippen LogP contribution in [0.3, 0.4) is 0 Å². The van der Waals surface area contributed by atoms with Crippen LogP contribution in [0.15, 0.2) is 0 Å². The van der Waals surface area contributed by atoms with Gasteiger partial charge >= 0.3 is 0 Å². The highest BCUT2D eigenvalue weighted by Gasteiger charge is 1.99. The second-order valence-electron chi connectivity index (χ2n) is 2.39. The Morgan fingerprint density at radius 1 is 1.44 bits per heavy atom. The van der Waals surface area contributed by atoms with E-state index in [1.807, 2.05) is 22.8 Å². The number of hydrogen-bond donors (Lipinski definition) is 0. The fourth-order valence-electron chi connectivity index (χ4n) is 0.884. The predicted molar refractivity (Wildman–Crippen MR) is 47.3 cm³/mol. The SMILES string of the molecule is Bc1nc(C)n(B)c1B. The maximum Gasteiger partial charge on any atom is 0.223 e. The van der Waals surface area contributed by atoms with Crippen LogP contribution in [-0.4, -0.2) is 33.1 Å². The zero-order chi connectivity index (χ0) is 7.02. The van der Waals surface area contributed by atoms with Gasteiger partial charge in [-0.15, -0.1) is 0 Å². The van der Waals surface area contributed by atoms with Crippen LogP contribution in [0.1, 0.15) is 5.82 Å². The summed E-state index contributed by atoms with van der Waals surface area (Å²) in [4.78, 5) is 4.27. The van der Waals surface area contributed by atoms with Crippen molar-refractivity contribution < 1.29 is 0 Å². The molecule has 0 saturated carbocycles. The molecule has 0 aliphatic heterocycles. The molecule has 0 saturated heterocycles. The van der Waals surface area contributed by atoms with Crippen LogP contribution in [0.5, 0.6) is 0 Å². The van der Waals surface area contributed by atoms with Crippen LogP contribution in [0, 0.1) is 6.92 Å². The Hall–Kier alpha value is -0.595. The standard InChI is InChI=1S/C4H9B3N2/c1-2-8-3(5)4(6)9(2)7/h5-7H2,1H3. The molecule has 0 N–H and O–H groups in total. The van der Waals surface area contributed by atoms with Crippen LogP contribution in [0.4, 0.5) is 0 Å². The number of nitrogens with zero attached hydrogens (tertiary/aromatic N) is 2. The third kappa shape index (κ3) is 0.912. The average Bonchev–Trinajstić information content (AvgIpc) is 1.98. The molecule has 0 aromatic carbocycles. The van der Waals surface area contributed by atoms with Gasteiger partial charge in [-0.2, -0.15) is 0 Å². The smallest absolute Gasteiger partial charge is 0.223 e. The molecular formula is C4H9B3N2. The van der Waals surface area contributed by atoms with E-state index < -0.39 is 0 Å². The minimum atomic E-state index is 1.09. The molecule has 1 heterocycles. The fraction of sp³-hybridized carbons (Fsp3) is 0.250. The second kappa shape index (κ2) is 1.97. The first-order valence-corrected chi connectivity index (χ1v) is 3.09. The summed E-state index contributed by atoms with van der Waals surface area (Å²) in [5.41, 5.74) is 2.39. The summed E-state index contributed by atoms with van der Waals surface area (Å²) in [6.07, 6.45) is 0. The van der Waals surface area contributed by atoms with Crippen LogP contribution in [0.25, 0.3) is 0 Å². The molecule has 0 aliphatic carbocycles. The molecule has 44 valence electrons. The van der Waals surface area contributed by atoms with E-state index >= 15 is 0 Å². The third-order valence-electron chi connectivity index (χ3n) is 1.84. The Labute approximate surface area is 57.9 Å². The first-order chi connectivity index (χ1) is 4.13. The second-order valence-corrected chi connectivity index (χ2v) is 2.39. The third-order valence-corrected chi connectivity index (χ3v) is 1.84. The Balaban J connectivity index is 3.29. The quantitative estimate of drug-likeness (QED) is 0.318. The number of hydrogen-bond acceptors (Lipinski definition) is 1. The van der Waals surface area contributed by atoms with Gasteiger partial charge in [-0.3, -0.25) is 4.98 Å². The van der Waals surface area contributed by atoms with Gasteiger partial charge in [0.1, 0.15) is 0 Å². The molecule has 5 heteroatoms. The lowest BCUT2D eigenvalue weighted by Gasteiger charge is -1.96. The van der Waals surface area contributed by atoms with Gasteiger partial charge in [-0.05, 0) is 12.5 Å². The van der Waals surface area contributed by atoms with Gasteiger partial charge in [0.05, 0.1) is 5.82 Å². The molecule has 0 aliphatic rings. The molecule has 0 unspecified atom stereocenters. The summed E-state index contributed by atoms with van der Waals surface area (Å²) >= 11 is 0. The van der Waals surface area contributed by atoms with E-state index in [4.69, 9.17) is 0 Å². The lowest BCUT2D eigenvalue weighted by atomic mass is 9.90. The molecule has 0 atom stereocenters. The van der Waals surface area contributed by atoms with Gasteiger partial charge in [-0.1, -0.05) is 0 Å². The Morgan fingerprint density at radius 2 is 2.00 bits per heavy atom. The van der Waals surface area contributed by atoms with Gasteiger partial charge in [0, 0.05) is 5.59 Å². The summed E-state index contributed by atoms with van der Waals surface area (Å²) in [7, 11) is 6.14. The molecule has 2 nitrogen and oxygen atoms in total. The van der Waals surface area contributed by atoms with Crippen molar-refractivity contribution in [1.29, 1.82) is 0 Å². The molecule has 1 rings (SSSR count). The summed E-state index contributed by atoms with van der Waals surface area (Å²) in [6, 6.07) is 0. The van der Waals surface area contributed by atoms with Gasteiger partial charge in [0.2, 0.25) is 7.98 Å². The highest BCUT2D eigenvalue weighted by Crippen LogP contribution is 1.80. The largest absolute Gasteiger partial charge is 0.393 e. The monoisotopic (exact) mass is 118 g/mol. The van der Waals surface area contributed by atoms with E-state index in [2.05, 4.69) is 17.3 Å². The minimum absolute atomic E-state index is 1.09. The molecule has 1 aromatic heterocycles. The van der Waals surface area contributed by atoms with E-state index in [9.17, 15) is 0 Å². The lowest BCUT2D eigenvalue weighted by molar-refractivity contribution is 1.10. The minimum Gasteiger partial charge on any atom is -0.393 e. The molecule has 0 radical (unpaired) electrons. The van der Waals surface area contributed by atoms with Gasteiger partial charge in [0.25, 0.3) is 0 Å². The van der Waals surface area contributed by atoms with Crippen LogP contribution >= 0.6 is 0 Å². The zero-order valence-electron chi connectivity index (χ0n) is 6.39. The maximum atomic E-state index is 4.27. The molecule has 1 aromatic rings. The van der Waals surface area contributed by atoms with E-state index in [1.54, 1.807) is 0 Å². The first-order valence-electron chi connectivity index (χ1n) is 3.09. The molecule has 0 spiro atoms. The first kappa shape index (κ1) is 6.52. The molecule has 0 amide bonds. The zero-order valence-corrected chi connectivity index (χ0v) is 6.39. The van der Waals surface area contributed by atoms with Crippen molar-refractivity contribution in [3.8, 4) is 0 Å². The Bertz CT molecular complexity index is 207. The van der Waals surface area contributed by atoms with Crippen LogP contribution in [-0.2, 0) is 0 Å². The van der Waals surface area contributed by atoms with Gasteiger partial charge < -0.3 is 4.48 Å². The molecule has 0 bridgehead atoms. The lowest BCUT2D eigenvalue weighted by Crippen LogP contribution is -2.29. The van der Waals surface area contributed by atoms with Crippen molar-refractivity contribution in [2.24, 2.45) is 0 Å². The fourth-order valence-corrected chi connectivity index (χ4v) is 0.884. The number of aromatic nitrogens is 2. The van der Waals surface area contributed by atoms with Crippen LogP contribution < -0.4 is 11.2 Å². The van der Waals surface area contributed by atoms with E-state index in [1.165, 1.54) is 5.59 Å². The van der Waals surface area contributed by atoms with Crippen molar-refractivity contribution in [2.75, 3.05) is 0 Å². The summed E-state index contributed by atoms with van der Waals surface area (Å²) in [5, 5.41) is 0. The highest BCUT2D eigenvalue weighted by atomic mass is 15.0. The molecular weight excluding hydrogens is 108 g/mol. The predicted octanol–water partition coefficient (Wildman–Crippen LogP) is -3.90. The summed E-state index contributed by atoms with van der Waals surface area (Å²) < 4.78 is 2.09. The van der Waals surface area contributed by atoms with Gasteiger partial charge in [-0.25, -0.2) is 0 Å². The Kier molecular flexibility index (Phi) is 1.43.